The Bertz CT molecular complexity index is 835. The topological polar surface area (TPSA) is 111 Å². The molecule has 1 aromatic carbocycles. The standard InChI is InChI=1S/C19H27B2N3O5/c1-21-12-17-16(11-20)23-14-3-2-13(10-15(14)24-17)19(27)22-5-7-29-9-8-28-6-4-18(25)26/h2-3,10,21H,4-9,11-12,20H2,1H3,(H,22,27)(H,25,26). The van der Waals surface area contributed by atoms with Crippen LogP contribution in [0, 0.1) is 0 Å². The number of amides is 1. The fourth-order valence-electron chi connectivity index (χ4n) is 2.81. The van der Waals surface area contributed by atoms with Gasteiger partial charge in [-0.3, -0.25) is 19.6 Å². The summed E-state index contributed by atoms with van der Waals surface area (Å²) in [6.07, 6.45) is 1.69. The predicted octanol–water partition coefficient (Wildman–Crippen LogP) is -0.0148. The van der Waals surface area contributed by atoms with E-state index in [0.717, 1.165) is 42.3 Å². The Morgan fingerprint density at radius 2 is 1.83 bits per heavy atom. The van der Waals surface area contributed by atoms with E-state index in [1.54, 1.807) is 12.1 Å². The van der Waals surface area contributed by atoms with Crippen molar-refractivity contribution in [3.63, 3.8) is 0 Å². The zero-order chi connectivity index (χ0) is 21.1. The fraction of sp³-hybridized carbons (Fsp3) is 0.474. The SMILES string of the molecule is BCc1nc2ccc(C(=O)NCCOCCOCCC(=O)O)cc2nc1CBC. The average molecular weight is 399 g/mol. The first-order chi connectivity index (χ1) is 14.0. The summed E-state index contributed by atoms with van der Waals surface area (Å²) < 4.78 is 10.5. The highest BCUT2D eigenvalue weighted by Crippen LogP contribution is 2.16. The van der Waals surface area contributed by atoms with Crippen molar-refractivity contribution in [3.8, 4) is 0 Å². The monoisotopic (exact) mass is 399 g/mol. The molecule has 0 aliphatic carbocycles. The number of rotatable bonds is 13. The maximum atomic E-state index is 12.4. The number of carboxylic acids is 1. The number of benzene rings is 1. The van der Waals surface area contributed by atoms with Gasteiger partial charge in [0, 0.05) is 12.1 Å². The molecule has 29 heavy (non-hydrogen) atoms. The molecule has 1 aromatic heterocycles. The lowest BCUT2D eigenvalue weighted by Gasteiger charge is -2.09. The van der Waals surface area contributed by atoms with E-state index in [9.17, 15) is 9.59 Å². The summed E-state index contributed by atoms with van der Waals surface area (Å²) in [7, 11) is 3.07. The van der Waals surface area contributed by atoms with Crippen LogP contribution in [-0.2, 0) is 26.9 Å². The van der Waals surface area contributed by atoms with Gasteiger partial charge in [-0.25, -0.2) is 0 Å². The van der Waals surface area contributed by atoms with Crippen molar-refractivity contribution >= 4 is 38.0 Å². The number of nitrogens with one attached hydrogen (secondary N) is 1. The Balaban J connectivity index is 1.80. The molecule has 0 fully saturated rings. The van der Waals surface area contributed by atoms with E-state index in [4.69, 9.17) is 19.6 Å². The molecular weight excluding hydrogens is 372 g/mol. The summed E-state index contributed by atoms with van der Waals surface area (Å²) in [5, 5.41) is 11.3. The van der Waals surface area contributed by atoms with E-state index in [-0.39, 0.29) is 18.9 Å². The number of carbonyl (C=O) groups excluding carboxylic acids is 1. The molecule has 0 spiro atoms. The number of ether oxygens (including phenoxy) is 2. The van der Waals surface area contributed by atoms with E-state index < -0.39 is 5.97 Å². The second kappa shape index (κ2) is 12.2. The number of nitrogens with zero attached hydrogens (tertiary/aromatic N) is 2. The molecule has 154 valence electrons. The Morgan fingerprint density at radius 1 is 1.10 bits per heavy atom. The molecule has 2 rings (SSSR count). The van der Waals surface area contributed by atoms with E-state index in [0.29, 0.717) is 31.9 Å². The molecule has 2 aromatic rings. The smallest absolute Gasteiger partial charge is 0.305 e. The van der Waals surface area contributed by atoms with Crippen LogP contribution in [0.25, 0.3) is 11.0 Å². The van der Waals surface area contributed by atoms with Crippen LogP contribution >= 0.6 is 0 Å². The third kappa shape index (κ3) is 7.47. The number of hydrogen-bond acceptors (Lipinski definition) is 6. The van der Waals surface area contributed by atoms with Crippen LogP contribution in [0.1, 0.15) is 28.2 Å². The van der Waals surface area contributed by atoms with Gasteiger partial charge in [0.1, 0.15) is 15.1 Å². The lowest BCUT2D eigenvalue weighted by atomic mass is 9.75. The largest absolute Gasteiger partial charge is 0.481 e. The second-order valence-corrected chi connectivity index (χ2v) is 6.55. The van der Waals surface area contributed by atoms with Gasteiger partial charge in [-0.2, -0.15) is 0 Å². The number of carboxylic acid groups (broad SMARTS) is 1. The third-order valence-electron chi connectivity index (χ3n) is 4.27. The Labute approximate surface area is 172 Å². The predicted molar refractivity (Wildman–Crippen MR) is 115 cm³/mol. The van der Waals surface area contributed by atoms with Crippen molar-refractivity contribution < 1.29 is 24.2 Å². The summed E-state index contributed by atoms with van der Waals surface area (Å²) >= 11 is 0. The third-order valence-corrected chi connectivity index (χ3v) is 4.27. The van der Waals surface area contributed by atoms with E-state index in [1.807, 2.05) is 6.07 Å². The number of aromatic nitrogens is 2. The van der Waals surface area contributed by atoms with Gasteiger partial charge in [0.05, 0.1) is 55.3 Å². The van der Waals surface area contributed by atoms with Gasteiger partial charge in [-0.05, 0) is 30.8 Å². The molecule has 0 aliphatic heterocycles. The molecule has 1 heterocycles. The quantitative estimate of drug-likeness (QED) is 0.360. The summed E-state index contributed by atoms with van der Waals surface area (Å²) in [6, 6.07) is 5.35. The zero-order valence-electron chi connectivity index (χ0n) is 17.1. The van der Waals surface area contributed by atoms with Gasteiger partial charge in [-0.1, -0.05) is 6.82 Å². The van der Waals surface area contributed by atoms with Crippen molar-refractivity contribution in [2.75, 3.05) is 33.0 Å². The van der Waals surface area contributed by atoms with Gasteiger partial charge in [0.2, 0.25) is 0 Å². The van der Waals surface area contributed by atoms with Crippen molar-refractivity contribution in [2.45, 2.75) is 25.9 Å². The molecule has 0 atom stereocenters. The Morgan fingerprint density at radius 3 is 2.52 bits per heavy atom. The highest BCUT2D eigenvalue weighted by atomic mass is 16.5. The molecule has 0 saturated carbocycles. The van der Waals surface area contributed by atoms with Gasteiger partial charge >= 0.3 is 5.97 Å². The number of aliphatic carboxylic acids is 1. The van der Waals surface area contributed by atoms with Gasteiger partial charge in [0.25, 0.3) is 5.91 Å². The number of fused-ring (bicyclic) bond motifs is 1. The summed E-state index contributed by atoms with van der Waals surface area (Å²) in [6.45, 7) is 3.67. The second-order valence-electron chi connectivity index (χ2n) is 6.55. The van der Waals surface area contributed by atoms with Gasteiger partial charge in [-0.15, -0.1) is 0 Å². The van der Waals surface area contributed by atoms with Crippen LogP contribution in [0.2, 0.25) is 6.82 Å². The van der Waals surface area contributed by atoms with Crippen LogP contribution in [0.4, 0.5) is 0 Å². The van der Waals surface area contributed by atoms with Gasteiger partial charge < -0.3 is 19.9 Å². The molecule has 2 N–H and O–H groups in total. The van der Waals surface area contributed by atoms with Crippen LogP contribution in [0.5, 0.6) is 0 Å². The van der Waals surface area contributed by atoms with Crippen LogP contribution < -0.4 is 5.32 Å². The number of carbonyl (C=O) groups is 2. The summed E-state index contributed by atoms with van der Waals surface area (Å²) in [5.41, 5.74) is 4.08. The lowest BCUT2D eigenvalue weighted by Crippen LogP contribution is -2.27. The van der Waals surface area contributed by atoms with E-state index in [2.05, 4.69) is 25.0 Å². The maximum Gasteiger partial charge on any atom is 0.305 e. The minimum absolute atomic E-state index is 0.0219. The van der Waals surface area contributed by atoms with E-state index >= 15 is 0 Å². The first-order valence-corrected chi connectivity index (χ1v) is 10.00. The van der Waals surface area contributed by atoms with Crippen molar-refractivity contribution in [1.29, 1.82) is 0 Å². The molecular formula is C19H27B2N3O5. The van der Waals surface area contributed by atoms with Crippen LogP contribution in [-0.4, -0.2) is 75.0 Å². The normalized spacial score (nSPS) is 10.8. The molecule has 0 bridgehead atoms. The van der Waals surface area contributed by atoms with E-state index in [1.165, 1.54) is 0 Å². The van der Waals surface area contributed by atoms with Gasteiger partial charge in [0.15, 0.2) is 0 Å². The van der Waals surface area contributed by atoms with Crippen molar-refractivity contribution in [2.24, 2.45) is 0 Å². The number of hydrogen-bond donors (Lipinski definition) is 2. The molecule has 8 nitrogen and oxygen atoms in total. The molecule has 0 radical (unpaired) electrons. The van der Waals surface area contributed by atoms with Crippen LogP contribution in [0.15, 0.2) is 18.2 Å². The highest BCUT2D eigenvalue weighted by Gasteiger charge is 2.10. The first kappa shape index (κ1) is 22.8. The molecule has 0 unspecified atom stereocenters. The van der Waals surface area contributed by atoms with Crippen molar-refractivity contribution in [3.05, 3.63) is 35.2 Å². The highest BCUT2D eigenvalue weighted by molar-refractivity contribution is 6.32. The minimum atomic E-state index is -0.888. The average Bonchev–Trinajstić information content (AvgIpc) is 2.71. The molecule has 10 heteroatoms. The first-order valence-electron chi connectivity index (χ1n) is 10.00. The maximum absolute atomic E-state index is 12.4. The Kier molecular flexibility index (Phi) is 9.59. The van der Waals surface area contributed by atoms with Crippen molar-refractivity contribution in [1.82, 2.24) is 15.3 Å². The summed E-state index contributed by atoms with van der Waals surface area (Å²) in [5.74, 6) is -1.08. The molecule has 1 amide bonds. The molecule has 0 saturated heterocycles. The summed E-state index contributed by atoms with van der Waals surface area (Å²) in [4.78, 5) is 32.1. The molecule has 0 aliphatic rings. The minimum Gasteiger partial charge on any atom is -0.481 e. The van der Waals surface area contributed by atoms with Crippen LogP contribution in [0.3, 0.4) is 0 Å². The Hall–Kier alpha value is -2.45. The fourth-order valence-corrected chi connectivity index (χ4v) is 2.81. The zero-order valence-corrected chi connectivity index (χ0v) is 17.1. The lowest BCUT2D eigenvalue weighted by molar-refractivity contribution is -0.138.